The molecule has 0 unspecified atom stereocenters. The fraction of sp³-hybridized carbons (Fsp3) is 0.375. The smallest absolute Gasteiger partial charge is 0.312 e. The Morgan fingerprint density at radius 1 is 1.35 bits per heavy atom. The van der Waals surface area contributed by atoms with Gasteiger partial charge in [-0.2, -0.15) is 0 Å². The van der Waals surface area contributed by atoms with Gasteiger partial charge in [-0.15, -0.1) is 0 Å². The molecule has 0 aliphatic heterocycles. The third-order valence-electron chi connectivity index (χ3n) is 3.80. The van der Waals surface area contributed by atoms with Crippen LogP contribution in [0.3, 0.4) is 0 Å². The second kappa shape index (κ2) is 4.78. The number of benzene rings is 1. The Morgan fingerprint density at radius 2 is 2.00 bits per heavy atom. The van der Waals surface area contributed by atoms with E-state index in [0.717, 1.165) is 5.56 Å². The number of fused-ring (bicyclic) bond motifs is 1. The van der Waals surface area contributed by atoms with Gasteiger partial charge in [0.25, 0.3) is 0 Å². The number of ether oxygens (including phenoxy) is 1. The van der Waals surface area contributed by atoms with Crippen LogP contribution < -0.4 is 0 Å². The minimum absolute atomic E-state index is 0.0545. The number of carbonyl (C=O) groups is 2. The van der Waals surface area contributed by atoms with E-state index in [4.69, 9.17) is 4.74 Å². The number of allylic oxidation sites excluding steroid dienone is 2. The van der Waals surface area contributed by atoms with Crippen molar-refractivity contribution in [2.45, 2.75) is 32.1 Å². The predicted octanol–water partition coefficient (Wildman–Crippen LogP) is 2.70. The van der Waals surface area contributed by atoms with Crippen LogP contribution in [0.4, 0.5) is 0 Å². The normalized spacial score (nSPS) is 17.5. The van der Waals surface area contributed by atoms with Gasteiger partial charge < -0.3 is 9.84 Å². The van der Waals surface area contributed by atoms with Crippen molar-refractivity contribution < 1.29 is 19.4 Å². The van der Waals surface area contributed by atoms with Crippen molar-refractivity contribution in [3.63, 3.8) is 0 Å². The van der Waals surface area contributed by atoms with Crippen LogP contribution in [0.15, 0.2) is 24.3 Å². The second-order valence-electron chi connectivity index (χ2n) is 5.62. The molecule has 1 aromatic carbocycles. The molecule has 0 heterocycles. The molecule has 4 nitrogen and oxygen atoms in total. The van der Waals surface area contributed by atoms with Crippen molar-refractivity contribution >= 4 is 11.8 Å². The van der Waals surface area contributed by atoms with Crippen LogP contribution in [-0.2, 0) is 14.9 Å². The molecule has 4 heteroatoms. The number of phenols is 1. The maximum absolute atomic E-state index is 11.9. The number of methoxy groups -OCH3 is 1. The van der Waals surface area contributed by atoms with Gasteiger partial charge in [0.2, 0.25) is 0 Å². The summed E-state index contributed by atoms with van der Waals surface area (Å²) in [6, 6.07) is 3.17. The molecule has 106 valence electrons. The highest BCUT2D eigenvalue weighted by molar-refractivity contribution is 6.07. The quantitative estimate of drug-likeness (QED) is 0.842. The average molecular weight is 274 g/mol. The molecule has 1 aliphatic rings. The van der Waals surface area contributed by atoms with E-state index >= 15 is 0 Å². The number of ketones is 1. The van der Waals surface area contributed by atoms with Gasteiger partial charge in [0.15, 0.2) is 5.78 Å². The van der Waals surface area contributed by atoms with E-state index < -0.39 is 11.9 Å². The van der Waals surface area contributed by atoms with Crippen molar-refractivity contribution in [3.8, 4) is 5.75 Å². The largest absolute Gasteiger partial charge is 0.508 e. The highest BCUT2D eigenvalue weighted by atomic mass is 16.5. The average Bonchev–Trinajstić information content (AvgIpc) is 2.41. The first-order valence-corrected chi connectivity index (χ1v) is 6.46. The Balaban J connectivity index is 2.61. The minimum atomic E-state index is -0.581. The van der Waals surface area contributed by atoms with E-state index in [1.165, 1.54) is 19.3 Å². The van der Waals surface area contributed by atoms with Crippen molar-refractivity contribution in [3.05, 3.63) is 41.0 Å². The molecule has 0 bridgehead atoms. The molecule has 0 aromatic heterocycles. The van der Waals surface area contributed by atoms with Gasteiger partial charge in [0, 0.05) is 16.5 Å². The maximum atomic E-state index is 11.9. The first kappa shape index (κ1) is 14.3. The molecule has 1 atom stereocenters. The number of hydrogen-bond donors (Lipinski definition) is 1. The summed E-state index contributed by atoms with van der Waals surface area (Å²) in [4.78, 5) is 23.6. The van der Waals surface area contributed by atoms with Gasteiger partial charge in [0.05, 0.1) is 13.0 Å². The highest BCUT2D eigenvalue weighted by Crippen LogP contribution is 2.38. The molecule has 0 amide bonds. The first-order valence-electron chi connectivity index (χ1n) is 6.46. The topological polar surface area (TPSA) is 63.6 Å². The van der Waals surface area contributed by atoms with E-state index in [1.807, 2.05) is 19.9 Å². The summed E-state index contributed by atoms with van der Waals surface area (Å²) in [6.45, 7) is 5.64. The Morgan fingerprint density at radius 3 is 2.60 bits per heavy atom. The van der Waals surface area contributed by atoms with Crippen molar-refractivity contribution in [2.24, 2.45) is 0 Å². The molecule has 1 aromatic rings. The fourth-order valence-corrected chi connectivity index (χ4v) is 2.46. The number of hydrogen-bond acceptors (Lipinski definition) is 4. The Hall–Kier alpha value is -2.10. The summed E-state index contributed by atoms with van der Waals surface area (Å²) < 4.78 is 4.71. The van der Waals surface area contributed by atoms with E-state index in [2.05, 4.69) is 0 Å². The van der Waals surface area contributed by atoms with Crippen LogP contribution in [0.2, 0.25) is 0 Å². The molecule has 0 saturated heterocycles. The fourth-order valence-electron chi connectivity index (χ4n) is 2.46. The predicted molar refractivity (Wildman–Crippen MR) is 75.0 cm³/mol. The standard InChI is InChI=1S/C16H18O4/c1-9(15(19)20-4)10-7-12-11(8-14(10)18)13(17)5-6-16(12,2)3/h5-9,18H,1-4H3/t9-/m0/s1. The Bertz CT molecular complexity index is 611. The van der Waals surface area contributed by atoms with Crippen molar-refractivity contribution in [2.75, 3.05) is 7.11 Å². The SMILES string of the molecule is COC(=O)[C@@H](C)c1cc2c(cc1O)C(=O)C=CC2(C)C. The van der Waals surface area contributed by atoms with Gasteiger partial charge in [0.1, 0.15) is 5.75 Å². The lowest BCUT2D eigenvalue weighted by molar-refractivity contribution is -0.142. The van der Waals surface area contributed by atoms with Crippen LogP contribution in [0.25, 0.3) is 0 Å². The molecule has 0 fully saturated rings. The van der Waals surface area contributed by atoms with Crippen molar-refractivity contribution in [1.29, 1.82) is 0 Å². The monoisotopic (exact) mass is 274 g/mol. The van der Waals surface area contributed by atoms with E-state index in [-0.39, 0.29) is 16.9 Å². The third kappa shape index (κ3) is 2.22. The van der Waals surface area contributed by atoms with Gasteiger partial charge in [-0.05, 0) is 30.7 Å². The number of rotatable bonds is 2. The third-order valence-corrected chi connectivity index (χ3v) is 3.80. The lowest BCUT2D eigenvalue weighted by Crippen LogP contribution is -2.23. The summed E-state index contributed by atoms with van der Waals surface area (Å²) in [5, 5.41) is 10.1. The second-order valence-corrected chi connectivity index (χ2v) is 5.62. The molecule has 1 N–H and O–H groups in total. The highest BCUT2D eigenvalue weighted by Gasteiger charge is 2.30. The zero-order chi connectivity index (χ0) is 15.1. The van der Waals surface area contributed by atoms with Gasteiger partial charge in [-0.25, -0.2) is 0 Å². The van der Waals surface area contributed by atoms with Gasteiger partial charge >= 0.3 is 5.97 Å². The van der Waals surface area contributed by atoms with Gasteiger partial charge in [-0.3, -0.25) is 9.59 Å². The van der Waals surface area contributed by atoms with Crippen LogP contribution in [0, 0.1) is 0 Å². The molecular formula is C16H18O4. The molecule has 20 heavy (non-hydrogen) atoms. The maximum Gasteiger partial charge on any atom is 0.312 e. The lowest BCUT2D eigenvalue weighted by atomic mass is 9.75. The van der Waals surface area contributed by atoms with Gasteiger partial charge in [-0.1, -0.05) is 19.9 Å². The summed E-state index contributed by atoms with van der Waals surface area (Å²) in [5.41, 5.74) is 1.46. The van der Waals surface area contributed by atoms with Crippen LogP contribution in [-0.4, -0.2) is 24.0 Å². The van der Waals surface area contributed by atoms with Crippen LogP contribution >= 0.6 is 0 Å². The van der Waals surface area contributed by atoms with E-state index in [1.54, 1.807) is 13.0 Å². The number of esters is 1. The van der Waals surface area contributed by atoms with E-state index in [0.29, 0.717) is 11.1 Å². The lowest BCUT2D eigenvalue weighted by Gasteiger charge is -2.28. The summed E-state index contributed by atoms with van der Waals surface area (Å²) >= 11 is 0. The minimum Gasteiger partial charge on any atom is -0.508 e. The Kier molecular flexibility index (Phi) is 3.42. The Labute approximate surface area is 118 Å². The van der Waals surface area contributed by atoms with Crippen LogP contribution in [0.1, 0.15) is 48.2 Å². The van der Waals surface area contributed by atoms with Crippen LogP contribution in [0.5, 0.6) is 5.75 Å². The van der Waals surface area contributed by atoms with E-state index in [9.17, 15) is 14.7 Å². The summed E-state index contributed by atoms with van der Waals surface area (Å²) in [5.74, 6) is -1.19. The summed E-state index contributed by atoms with van der Waals surface area (Å²) in [7, 11) is 1.31. The summed E-state index contributed by atoms with van der Waals surface area (Å²) in [6.07, 6.45) is 3.35. The zero-order valence-electron chi connectivity index (χ0n) is 12.1. The molecule has 0 radical (unpaired) electrons. The molecular weight excluding hydrogens is 256 g/mol. The molecule has 0 saturated carbocycles. The molecule has 2 rings (SSSR count). The number of aromatic hydroxyl groups is 1. The number of phenolic OH excluding ortho intramolecular Hbond substituents is 1. The first-order chi connectivity index (χ1) is 9.27. The molecule has 1 aliphatic carbocycles. The zero-order valence-corrected chi connectivity index (χ0v) is 12.1. The number of carbonyl (C=O) groups excluding carboxylic acids is 2. The molecule has 0 spiro atoms. The van der Waals surface area contributed by atoms with Crippen molar-refractivity contribution in [1.82, 2.24) is 0 Å².